The summed E-state index contributed by atoms with van der Waals surface area (Å²) in [5.41, 5.74) is 1.57. The third-order valence-corrected chi connectivity index (χ3v) is 7.46. The average Bonchev–Trinajstić information content (AvgIpc) is 3.24. The fourth-order valence-electron chi connectivity index (χ4n) is 2.55. The Morgan fingerprint density at radius 1 is 1.19 bits per heavy atom. The number of thioether (sulfide) groups is 2. The highest BCUT2D eigenvalue weighted by atomic mass is 32.2. The minimum atomic E-state index is -0.758. The molecule has 0 unspecified atom stereocenters. The third-order valence-electron chi connectivity index (χ3n) is 4.36. The largest absolute Gasteiger partial charge is 0.467 e. The second-order valence-corrected chi connectivity index (χ2v) is 8.95. The van der Waals surface area contributed by atoms with Gasteiger partial charge in [0.2, 0.25) is 0 Å². The van der Waals surface area contributed by atoms with Crippen LogP contribution in [0.4, 0.5) is 0 Å². The van der Waals surface area contributed by atoms with Crippen molar-refractivity contribution >= 4 is 41.4 Å². The van der Waals surface area contributed by atoms with Gasteiger partial charge in [0.15, 0.2) is 6.61 Å². The average molecular weight is 412 g/mol. The SMILES string of the molecule is CC[C@@H](C)[C@@H](NC(=O)COC(=O)c1ccc(C2SCCS2)cc1)C(=O)OC. The Balaban J connectivity index is 1.86. The van der Waals surface area contributed by atoms with Crippen molar-refractivity contribution in [1.29, 1.82) is 0 Å². The fraction of sp³-hybridized carbons (Fsp3) is 0.526. The monoisotopic (exact) mass is 411 g/mol. The summed E-state index contributed by atoms with van der Waals surface area (Å²) in [7, 11) is 1.27. The topological polar surface area (TPSA) is 81.7 Å². The van der Waals surface area contributed by atoms with Crippen molar-refractivity contribution in [3.8, 4) is 0 Å². The van der Waals surface area contributed by atoms with Crippen LogP contribution < -0.4 is 5.32 Å². The Hall–Kier alpha value is -1.67. The molecule has 0 spiro atoms. The Kier molecular flexibility index (Phi) is 8.50. The van der Waals surface area contributed by atoms with Crippen molar-refractivity contribution in [2.45, 2.75) is 30.9 Å². The van der Waals surface area contributed by atoms with Crippen LogP contribution in [0.3, 0.4) is 0 Å². The molecule has 1 aromatic rings. The molecule has 0 bridgehead atoms. The van der Waals surface area contributed by atoms with Gasteiger partial charge in [0.1, 0.15) is 6.04 Å². The number of methoxy groups -OCH3 is 1. The Bertz CT molecular complexity index is 659. The molecule has 1 aromatic carbocycles. The normalized spacial score (nSPS) is 16.4. The van der Waals surface area contributed by atoms with E-state index in [1.165, 1.54) is 12.7 Å². The van der Waals surface area contributed by atoms with Gasteiger partial charge in [-0.1, -0.05) is 32.4 Å². The van der Waals surface area contributed by atoms with E-state index < -0.39 is 30.5 Å². The number of amides is 1. The van der Waals surface area contributed by atoms with Gasteiger partial charge in [-0.25, -0.2) is 9.59 Å². The quantitative estimate of drug-likeness (QED) is 0.659. The summed E-state index contributed by atoms with van der Waals surface area (Å²) in [5, 5.41) is 2.58. The molecular weight excluding hydrogens is 386 g/mol. The second-order valence-electron chi connectivity index (χ2n) is 6.23. The van der Waals surface area contributed by atoms with Gasteiger partial charge in [0.05, 0.1) is 17.3 Å². The van der Waals surface area contributed by atoms with Crippen LogP contribution in [-0.2, 0) is 19.1 Å². The molecule has 0 aromatic heterocycles. The zero-order chi connectivity index (χ0) is 19.8. The molecule has 1 aliphatic rings. The molecular formula is C19H25NO5S2. The lowest BCUT2D eigenvalue weighted by molar-refractivity contribution is -0.147. The van der Waals surface area contributed by atoms with E-state index in [0.29, 0.717) is 16.6 Å². The van der Waals surface area contributed by atoms with Crippen LogP contribution in [0.15, 0.2) is 24.3 Å². The van der Waals surface area contributed by atoms with Crippen LogP contribution in [0.5, 0.6) is 0 Å². The molecule has 1 saturated heterocycles. The summed E-state index contributed by atoms with van der Waals surface area (Å²) < 4.78 is 10.2. The Morgan fingerprint density at radius 2 is 1.81 bits per heavy atom. The molecule has 1 N–H and O–H groups in total. The lowest BCUT2D eigenvalue weighted by Gasteiger charge is -2.21. The standard InChI is InChI=1S/C19H25NO5S2/c1-4-12(2)16(18(23)24-3)20-15(21)11-25-17(22)13-5-7-14(8-6-13)19-26-9-10-27-19/h5-8,12,16,19H,4,9-11H2,1-3H3,(H,20,21)/t12-,16-/m1/s1. The number of esters is 2. The van der Waals surface area contributed by atoms with E-state index in [1.54, 1.807) is 12.1 Å². The highest BCUT2D eigenvalue weighted by molar-refractivity contribution is 8.19. The molecule has 2 atom stereocenters. The number of carbonyl (C=O) groups is 3. The van der Waals surface area contributed by atoms with Gasteiger partial charge in [0, 0.05) is 11.5 Å². The molecule has 148 valence electrons. The maximum Gasteiger partial charge on any atom is 0.338 e. The fourth-order valence-corrected chi connectivity index (χ4v) is 5.41. The summed E-state index contributed by atoms with van der Waals surface area (Å²) in [5.74, 6) is 0.573. The summed E-state index contributed by atoms with van der Waals surface area (Å²) in [4.78, 5) is 36.0. The van der Waals surface area contributed by atoms with E-state index in [0.717, 1.165) is 11.5 Å². The number of hydrogen-bond donors (Lipinski definition) is 1. The molecule has 2 rings (SSSR count). The number of benzene rings is 1. The Labute approximate surface area is 168 Å². The predicted octanol–water partition coefficient (Wildman–Crippen LogP) is 3.03. The lowest BCUT2D eigenvalue weighted by Crippen LogP contribution is -2.47. The van der Waals surface area contributed by atoms with Crippen molar-refractivity contribution in [2.24, 2.45) is 5.92 Å². The van der Waals surface area contributed by atoms with Crippen LogP contribution in [0.2, 0.25) is 0 Å². The molecule has 1 heterocycles. The minimum absolute atomic E-state index is 0.0871. The van der Waals surface area contributed by atoms with Crippen LogP contribution in [-0.4, -0.2) is 49.1 Å². The smallest absolute Gasteiger partial charge is 0.338 e. The zero-order valence-corrected chi connectivity index (χ0v) is 17.4. The van der Waals surface area contributed by atoms with Crippen LogP contribution >= 0.6 is 23.5 Å². The van der Waals surface area contributed by atoms with E-state index in [-0.39, 0.29) is 5.92 Å². The number of hydrogen-bond acceptors (Lipinski definition) is 7. The van der Waals surface area contributed by atoms with Crippen molar-refractivity contribution in [2.75, 3.05) is 25.2 Å². The molecule has 8 heteroatoms. The molecule has 0 saturated carbocycles. The van der Waals surface area contributed by atoms with Gasteiger partial charge in [-0.3, -0.25) is 4.79 Å². The van der Waals surface area contributed by atoms with Crippen molar-refractivity contribution in [3.05, 3.63) is 35.4 Å². The molecule has 1 amide bonds. The number of rotatable bonds is 8. The highest BCUT2D eigenvalue weighted by Gasteiger charge is 2.27. The maximum absolute atomic E-state index is 12.1. The molecule has 1 aliphatic heterocycles. The third kappa shape index (κ3) is 6.17. The van der Waals surface area contributed by atoms with Gasteiger partial charge in [-0.2, -0.15) is 0 Å². The lowest BCUT2D eigenvalue weighted by atomic mass is 9.99. The van der Waals surface area contributed by atoms with Crippen LogP contribution in [0.25, 0.3) is 0 Å². The minimum Gasteiger partial charge on any atom is -0.467 e. The van der Waals surface area contributed by atoms with E-state index >= 15 is 0 Å². The molecule has 1 fully saturated rings. The van der Waals surface area contributed by atoms with Crippen LogP contribution in [0.1, 0.15) is 40.8 Å². The first-order valence-electron chi connectivity index (χ1n) is 8.83. The highest BCUT2D eigenvalue weighted by Crippen LogP contribution is 2.45. The molecule has 27 heavy (non-hydrogen) atoms. The Morgan fingerprint density at radius 3 is 2.37 bits per heavy atom. The van der Waals surface area contributed by atoms with E-state index in [1.807, 2.05) is 49.5 Å². The molecule has 0 aliphatic carbocycles. The van der Waals surface area contributed by atoms with Gasteiger partial charge < -0.3 is 14.8 Å². The van der Waals surface area contributed by atoms with Gasteiger partial charge in [0.25, 0.3) is 5.91 Å². The van der Waals surface area contributed by atoms with Crippen molar-refractivity contribution in [3.63, 3.8) is 0 Å². The molecule has 0 radical (unpaired) electrons. The number of ether oxygens (including phenoxy) is 2. The van der Waals surface area contributed by atoms with Crippen molar-refractivity contribution < 1.29 is 23.9 Å². The zero-order valence-electron chi connectivity index (χ0n) is 15.7. The number of carbonyl (C=O) groups excluding carboxylic acids is 3. The summed E-state index contributed by atoms with van der Waals surface area (Å²) in [6, 6.07) is 6.51. The summed E-state index contributed by atoms with van der Waals surface area (Å²) in [6.45, 7) is 3.31. The number of nitrogens with one attached hydrogen (secondary N) is 1. The predicted molar refractivity (Wildman–Crippen MR) is 108 cm³/mol. The first-order chi connectivity index (χ1) is 13.0. The summed E-state index contributed by atoms with van der Waals surface area (Å²) >= 11 is 3.79. The first-order valence-corrected chi connectivity index (χ1v) is 10.9. The van der Waals surface area contributed by atoms with E-state index in [2.05, 4.69) is 5.32 Å². The first kappa shape index (κ1) is 21.6. The van der Waals surface area contributed by atoms with E-state index in [4.69, 9.17) is 9.47 Å². The van der Waals surface area contributed by atoms with Gasteiger partial charge in [-0.15, -0.1) is 23.5 Å². The second kappa shape index (κ2) is 10.6. The maximum atomic E-state index is 12.1. The molecule has 6 nitrogen and oxygen atoms in total. The van der Waals surface area contributed by atoms with Crippen LogP contribution in [0, 0.1) is 5.92 Å². The van der Waals surface area contributed by atoms with Gasteiger partial charge >= 0.3 is 11.9 Å². The van der Waals surface area contributed by atoms with Crippen molar-refractivity contribution in [1.82, 2.24) is 5.32 Å². The summed E-state index contributed by atoms with van der Waals surface area (Å²) in [6.07, 6.45) is 0.698. The van der Waals surface area contributed by atoms with Gasteiger partial charge in [-0.05, 0) is 23.6 Å². The van der Waals surface area contributed by atoms with E-state index in [9.17, 15) is 14.4 Å².